The van der Waals surface area contributed by atoms with E-state index in [1.165, 1.54) is 37.0 Å². The molecule has 3 heterocycles. The van der Waals surface area contributed by atoms with Crippen LogP contribution in [-0.4, -0.2) is 80.1 Å². The number of ketones is 1. The molecule has 0 spiro atoms. The quantitative estimate of drug-likeness (QED) is 0.326. The van der Waals surface area contributed by atoms with E-state index in [1.807, 2.05) is 0 Å². The maximum atomic E-state index is 13.3. The third kappa shape index (κ3) is 4.89. The Morgan fingerprint density at radius 3 is 2.40 bits per heavy atom. The molecule has 9 nitrogen and oxygen atoms in total. The second-order valence-electron chi connectivity index (χ2n) is 9.02. The number of aromatic nitrogens is 3. The summed E-state index contributed by atoms with van der Waals surface area (Å²) in [5.74, 6) is -2.29. The maximum Gasteiger partial charge on any atom is 0.296 e. The lowest BCUT2D eigenvalue weighted by Crippen LogP contribution is -2.47. The van der Waals surface area contributed by atoms with Gasteiger partial charge in [0.25, 0.3) is 17.6 Å². The first-order valence-electron chi connectivity index (χ1n) is 11.0. The van der Waals surface area contributed by atoms with Crippen molar-refractivity contribution in [2.24, 2.45) is 7.05 Å². The molecule has 0 unspecified atom stereocenters. The van der Waals surface area contributed by atoms with Gasteiger partial charge >= 0.3 is 0 Å². The van der Waals surface area contributed by atoms with Crippen LogP contribution in [0.3, 0.4) is 0 Å². The molecule has 3 aromatic rings. The lowest BCUT2D eigenvalue weighted by atomic mass is 9.85. The first-order chi connectivity index (χ1) is 16.5. The molecule has 35 heavy (non-hydrogen) atoms. The van der Waals surface area contributed by atoms with Crippen LogP contribution in [0.5, 0.6) is 0 Å². The van der Waals surface area contributed by atoms with E-state index in [0.717, 1.165) is 10.5 Å². The number of nitrogens with zero attached hydrogens (tertiary/aromatic N) is 5. The van der Waals surface area contributed by atoms with E-state index in [1.54, 1.807) is 24.1 Å². The summed E-state index contributed by atoms with van der Waals surface area (Å²) < 4.78 is 14.5. The van der Waals surface area contributed by atoms with Crippen LogP contribution in [0.25, 0.3) is 11.0 Å². The average Bonchev–Trinajstić information content (AvgIpc) is 3.14. The van der Waals surface area contributed by atoms with Gasteiger partial charge in [0.15, 0.2) is 5.65 Å². The normalized spacial score (nSPS) is 15.3. The Kier molecular flexibility index (Phi) is 6.61. The van der Waals surface area contributed by atoms with Gasteiger partial charge in [0.2, 0.25) is 0 Å². The predicted octanol–water partition coefficient (Wildman–Crippen LogP) is 2.24. The summed E-state index contributed by atoms with van der Waals surface area (Å²) >= 11 is 6.33. The first-order valence-corrected chi connectivity index (χ1v) is 11.4. The van der Waals surface area contributed by atoms with Gasteiger partial charge < -0.3 is 14.9 Å². The molecule has 1 aliphatic rings. The number of piperidine rings is 1. The molecular formula is C24H25ClFN5O4. The fraction of sp³-hybridized carbons (Fsp3) is 0.375. The molecule has 11 heteroatoms. The van der Waals surface area contributed by atoms with Gasteiger partial charge in [-0.15, -0.1) is 0 Å². The van der Waals surface area contributed by atoms with Crippen LogP contribution in [0.15, 0.2) is 30.3 Å². The van der Waals surface area contributed by atoms with Gasteiger partial charge in [0.05, 0.1) is 16.6 Å². The summed E-state index contributed by atoms with van der Waals surface area (Å²) in [5, 5.41) is 15.3. The number of rotatable bonds is 5. The predicted molar refractivity (Wildman–Crippen MR) is 127 cm³/mol. The minimum atomic E-state index is -1.02. The number of aliphatic hydroxyl groups is 1. The number of hydrogen-bond acceptors (Lipinski definition) is 6. The van der Waals surface area contributed by atoms with Crippen molar-refractivity contribution < 1.29 is 23.9 Å². The average molecular weight is 502 g/mol. The molecule has 1 N–H and O–H groups in total. The van der Waals surface area contributed by atoms with Crippen molar-refractivity contribution in [3.63, 3.8) is 0 Å². The number of amides is 2. The third-order valence-electron chi connectivity index (χ3n) is 6.24. The standard InChI is InChI=1S/C24H25ClFN5O4/c1-29(2)23(34)19(32)18-16-12-17(20(25)27-21(16)30(3)28-18)22(33)31-10-8-24(35,9-11-31)13-14-4-6-15(26)7-5-14/h4-7,12,35H,8-11,13H2,1-3H3. The molecule has 0 aliphatic carbocycles. The Labute approximate surface area is 206 Å². The number of fused-ring (bicyclic) bond motifs is 1. The van der Waals surface area contributed by atoms with Crippen LogP contribution in [0.4, 0.5) is 4.39 Å². The van der Waals surface area contributed by atoms with Crippen molar-refractivity contribution in [2.45, 2.75) is 24.9 Å². The smallest absolute Gasteiger partial charge is 0.296 e. The molecule has 2 aromatic heterocycles. The number of Topliss-reactive ketones (excluding diaryl/α,β-unsaturated/α-hetero) is 1. The van der Waals surface area contributed by atoms with Crippen molar-refractivity contribution in [2.75, 3.05) is 27.2 Å². The zero-order valence-corrected chi connectivity index (χ0v) is 20.3. The molecule has 0 atom stereocenters. The minimum absolute atomic E-state index is 0.0458. The summed E-state index contributed by atoms with van der Waals surface area (Å²) in [5.41, 5.74) is 0.0474. The van der Waals surface area contributed by atoms with E-state index in [-0.39, 0.29) is 46.4 Å². The number of carbonyl (C=O) groups excluding carboxylic acids is 3. The number of pyridine rings is 1. The number of carbonyl (C=O) groups is 3. The van der Waals surface area contributed by atoms with E-state index in [9.17, 15) is 23.9 Å². The van der Waals surface area contributed by atoms with E-state index in [2.05, 4.69) is 10.1 Å². The molecule has 1 fully saturated rings. The molecule has 0 bridgehead atoms. The van der Waals surface area contributed by atoms with Crippen LogP contribution in [0.2, 0.25) is 5.15 Å². The summed E-state index contributed by atoms with van der Waals surface area (Å²) in [6, 6.07) is 7.42. The van der Waals surface area contributed by atoms with Gasteiger partial charge in [0, 0.05) is 40.7 Å². The molecule has 2 amide bonds. The highest BCUT2D eigenvalue weighted by molar-refractivity contribution is 6.44. The summed E-state index contributed by atoms with van der Waals surface area (Å²) in [7, 11) is 4.49. The highest BCUT2D eigenvalue weighted by Gasteiger charge is 2.35. The molecule has 1 aliphatic heterocycles. The number of likely N-dealkylation sites (N-methyl/N-ethyl adjacent to an activating group) is 1. The number of aryl methyl sites for hydroxylation is 1. The summed E-state index contributed by atoms with van der Waals surface area (Å²) in [6.45, 7) is 0.561. The molecule has 1 aromatic carbocycles. The molecule has 0 radical (unpaired) electrons. The van der Waals surface area contributed by atoms with Crippen LogP contribution in [0.1, 0.15) is 39.3 Å². The fourth-order valence-corrected chi connectivity index (χ4v) is 4.45. The first kappa shape index (κ1) is 24.7. The molecule has 1 saturated heterocycles. The summed E-state index contributed by atoms with van der Waals surface area (Å²) in [6.07, 6.45) is 1.01. The molecule has 4 rings (SSSR count). The van der Waals surface area contributed by atoms with E-state index < -0.39 is 23.2 Å². The number of halogens is 2. The van der Waals surface area contributed by atoms with Crippen molar-refractivity contribution in [3.8, 4) is 0 Å². The second kappa shape index (κ2) is 9.35. The Hall–Kier alpha value is -3.37. The fourth-order valence-electron chi connectivity index (χ4n) is 4.23. The maximum absolute atomic E-state index is 13.3. The third-order valence-corrected chi connectivity index (χ3v) is 6.53. The zero-order valence-electron chi connectivity index (χ0n) is 19.6. The Balaban J connectivity index is 1.55. The van der Waals surface area contributed by atoms with Crippen LogP contribution < -0.4 is 0 Å². The highest BCUT2D eigenvalue weighted by Crippen LogP contribution is 2.30. The topological polar surface area (TPSA) is 109 Å². The van der Waals surface area contributed by atoms with Crippen molar-refractivity contribution in [1.29, 1.82) is 0 Å². The number of benzene rings is 1. The molecule has 0 saturated carbocycles. The zero-order chi connectivity index (χ0) is 25.5. The van der Waals surface area contributed by atoms with Crippen LogP contribution in [-0.2, 0) is 18.3 Å². The lowest BCUT2D eigenvalue weighted by molar-refractivity contribution is -0.124. The van der Waals surface area contributed by atoms with Gasteiger partial charge in [-0.2, -0.15) is 5.10 Å². The SMILES string of the molecule is CN(C)C(=O)C(=O)c1nn(C)c2nc(Cl)c(C(=O)N3CCC(O)(Cc4ccc(F)cc4)CC3)cc12. The Morgan fingerprint density at radius 1 is 1.17 bits per heavy atom. The second-order valence-corrected chi connectivity index (χ2v) is 9.38. The van der Waals surface area contributed by atoms with Crippen LogP contribution in [0, 0.1) is 5.82 Å². The minimum Gasteiger partial charge on any atom is -0.389 e. The van der Waals surface area contributed by atoms with Crippen LogP contribution >= 0.6 is 11.6 Å². The van der Waals surface area contributed by atoms with E-state index >= 15 is 0 Å². The van der Waals surface area contributed by atoms with Crippen molar-refractivity contribution >= 4 is 40.2 Å². The largest absolute Gasteiger partial charge is 0.389 e. The molecular weight excluding hydrogens is 477 g/mol. The Morgan fingerprint density at radius 2 is 1.80 bits per heavy atom. The van der Waals surface area contributed by atoms with Crippen molar-refractivity contribution in [3.05, 3.63) is 58.1 Å². The monoisotopic (exact) mass is 501 g/mol. The van der Waals surface area contributed by atoms with Gasteiger partial charge in [-0.05, 0) is 36.6 Å². The van der Waals surface area contributed by atoms with Gasteiger partial charge in [-0.3, -0.25) is 14.4 Å². The number of hydrogen-bond donors (Lipinski definition) is 1. The number of likely N-dealkylation sites (tertiary alicyclic amines) is 1. The van der Waals surface area contributed by atoms with Gasteiger partial charge in [0.1, 0.15) is 16.7 Å². The Bertz CT molecular complexity index is 1310. The van der Waals surface area contributed by atoms with E-state index in [4.69, 9.17) is 11.6 Å². The van der Waals surface area contributed by atoms with Gasteiger partial charge in [-0.1, -0.05) is 23.7 Å². The van der Waals surface area contributed by atoms with E-state index in [0.29, 0.717) is 19.3 Å². The van der Waals surface area contributed by atoms with Gasteiger partial charge in [-0.25, -0.2) is 14.1 Å². The highest BCUT2D eigenvalue weighted by atomic mass is 35.5. The molecule has 184 valence electrons. The lowest BCUT2D eigenvalue weighted by Gasteiger charge is -2.38. The van der Waals surface area contributed by atoms with Crippen molar-refractivity contribution in [1.82, 2.24) is 24.6 Å². The summed E-state index contributed by atoms with van der Waals surface area (Å²) in [4.78, 5) is 45.1.